The number of phenolic OH excluding ortho intramolecular Hbond substituents is 1. The first kappa shape index (κ1) is 15.2. The molecule has 2 aromatic carbocycles. The Balaban J connectivity index is 2.25. The van der Waals surface area contributed by atoms with E-state index in [1.807, 2.05) is 31.2 Å². The summed E-state index contributed by atoms with van der Waals surface area (Å²) in [5.41, 5.74) is 1.57. The average Bonchev–Trinajstić information content (AvgIpc) is 2.47. The zero-order chi connectivity index (χ0) is 15.2. The summed E-state index contributed by atoms with van der Waals surface area (Å²) < 4.78 is 6.28. The lowest BCUT2D eigenvalue weighted by atomic mass is 10.1. The number of hydrogen-bond donors (Lipinski definition) is 2. The molecule has 108 valence electrons. The van der Waals surface area contributed by atoms with E-state index in [-0.39, 0.29) is 5.75 Å². The summed E-state index contributed by atoms with van der Waals surface area (Å²) in [7, 11) is 0. The number of aromatic hydroxyl groups is 1. The smallest absolute Gasteiger partial charge is 0.161 e. The summed E-state index contributed by atoms with van der Waals surface area (Å²) in [6.07, 6.45) is 0. The van der Waals surface area contributed by atoms with Gasteiger partial charge in [0.05, 0.1) is 12.7 Å². The van der Waals surface area contributed by atoms with E-state index in [1.54, 1.807) is 12.1 Å². The van der Waals surface area contributed by atoms with E-state index in [1.165, 1.54) is 6.07 Å². The number of ether oxygens (including phenoxy) is 1. The van der Waals surface area contributed by atoms with Crippen LogP contribution in [0.1, 0.15) is 18.5 Å². The number of rotatable bonds is 5. The number of nitriles is 1. The van der Waals surface area contributed by atoms with Crippen molar-refractivity contribution in [1.82, 2.24) is 0 Å². The lowest BCUT2D eigenvalue weighted by molar-refractivity contribution is 0.317. The van der Waals surface area contributed by atoms with Gasteiger partial charge in [0.15, 0.2) is 11.5 Å². The number of benzene rings is 2. The molecule has 0 aliphatic carbocycles. The Bertz CT molecular complexity index is 668. The van der Waals surface area contributed by atoms with Crippen molar-refractivity contribution in [2.45, 2.75) is 13.0 Å². The van der Waals surface area contributed by atoms with Gasteiger partial charge in [0, 0.05) is 10.2 Å². The van der Waals surface area contributed by atoms with Crippen LogP contribution >= 0.6 is 15.9 Å². The molecule has 2 aromatic rings. The monoisotopic (exact) mass is 346 g/mol. The predicted molar refractivity (Wildman–Crippen MR) is 85.4 cm³/mol. The zero-order valence-corrected chi connectivity index (χ0v) is 13.1. The van der Waals surface area contributed by atoms with Crippen molar-refractivity contribution < 1.29 is 9.84 Å². The molecule has 5 heteroatoms. The molecule has 0 fully saturated rings. The van der Waals surface area contributed by atoms with Crippen LogP contribution in [-0.2, 0) is 0 Å². The Morgan fingerprint density at radius 3 is 2.81 bits per heavy atom. The fourth-order valence-corrected chi connectivity index (χ4v) is 2.32. The summed E-state index contributed by atoms with van der Waals surface area (Å²) in [6, 6.07) is 14.2. The standard InChI is InChI=1S/C16H15BrN2O2/c1-2-21-16-8-11(6-7-15(16)20)14(10-18)19-13-5-3-4-12(17)9-13/h3-9,14,19-20H,2H2,1H3. The Morgan fingerprint density at radius 2 is 2.14 bits per heavy atom. The Labute approximate surface area is 132 Å². The molecule has 0 amide bonds. The van der Waals surface area contributed by atoms with Gasteiger partial charge in [-0.25, -0.2) is 0 Å². The Kier molecular flexibility index (Phi) is 5.07. The molecule has 2 N–H and O–H groups in total. The van der Waals surface area contributed by atoms with E-state index in [4.69, 9.17) is 4.74 Å². The van der Waals surface area contributed by atoms with Gasteiger partial charge >= 0.3 is 0 Å². The van der Waals surface area contributed by atoms with Gasteiger partial charge in [0.25, 0.3) is 0 Å². The van der Waals surface area contributed by atoms with E-state index in [0.29, 0.717) is 12.4 Å². The molecular weight excluding hydrogens is 332 g/mol. The highest BCUT2D eigenvalue weighted by molar-refractivity contribution is 9.10. The number of halogens is 1. The summed E-state index contributed by atoms with van der Waals surface area (Å²) in [5.74, 6) is 0.450. The van der Waals surface area contributed by atoms with Crippen LogP contribution in [0.4, 0.5) is 5.69 Å². The molecule has 21 heavy (non-hydrogen) atoms. The van der Waals surface area contributed by atoms with Crippen LogP contribution in [0, 0.1) is 11.3 Å². The van der Waals surface area contributed by atoms with Gasteiger partial charge < -0.3 is 15.2 Å². The van der Waals surface area contributed by atoms with Crippen LogP contribution in [0.15, 0.2) is 46.9 Å². The van der Waals surface area contributed by atoms with E-state index in [2.05, 4.69) is 27.3 Å². The molecule has 2 rings (SSSR count). The lowest BCUT2D eigenvalue weighted by Crippen LogP contribution is -2.08. The van der Waals surface area contributed by atoms with E-state index < -0.39 is 6.04 Å². The number of hydrogen-bond acceptors (Lipinski definition) is 4. The largest absolute Gasteiger partial charge is 0.504 e. The third-order valence-corrected chi connectivity index (χ3v) is 3.38. The van der Waals surface area contributed by atoms with E-state index in [0.717, 1.165) is 15.7 Å². The summed E-state index contributed by atoms with van der Waals surface area (Å²) in [5, 5.41) is 22.2. The molecule has 1 unspecified atom stereocenters. The second-order valence-electron chi connectivity index (χ2n) is 4.38. The Hall–Kier alpha value is -2.19. The van der Waals surface area contributed by atoms with Gasteiger partial charge in [-0.15, -0.1) is 0 Å². The van der Waals surface area contributed by atoms with Gasteiger partial charge in [-0.1, -0.05) is 28.1 Å². The van der Waals surface area contributed by atoms with Gasteiger partial charge in [-0.05, 0) is 42.8 Å². The molecule has 0 aromatic heterocycles. The number of anilines is 1. The van der Waals surface area contributed by atoms with Crippen molar-refractivity contribution in [1.29, 1.82) is 5.26 Å². The first-order valence-electron chi connectivity index (χ1n) is 6.51. The second-order valence-corrected chi connectivity index (χ2v) is 5.29. The normalized spacial score (nSPS) is 11.5. The first-order chi connectivity index (χ1) is 10.1. The van der Waals surface area contributed by atoms with Crippen molar-refractivity contribution in [2.75, 3.05) is 11.9 Å². The highest BCUT2D eigenvalue weighted by atomic mass is 79.9. The SMILES string of the molecule is CCOc1cc(C(C#N)Nc2cccc(Br)c2)ccc1O. The van der Waals surface area contributed by atoms with Crippen molar-refractivity contribution >= 4 is 21.6 Å². The minimum Gasteiger partial charge on any atom is -0.504 e. The van der Waals surface area contributed by atoms with Crippen LogP contribution in [0.2, 0.25) is 0 Å². The van der Waals surface area contributed by atoms with Crippen molar-refractivity contribution in [3.8, 4) is 17.6 Å². The fraction of sp³-hybridized carbons (Fsp3) is 0.188. The fourth-order valence-electron chi connectivity index (χ4n) is 1.92. The lowest BCUT2D eigenvalue weighted by Gasteiger charge is -2.15. The van der Waals surface area contributed by atoms with E-state index in [9.17, 15) is 10.4 Å². The number of phenols is 1. The maximum absolute atomic E-state index is 9.71. The molecule has 0 heterocycles. The molecule has 0 aliphatic rings. The second kappa shape index (κ2) is 7.00. The van der Waals surface area contributed by atoms with Crippen LogP contribution in [-0.4, -0.2) is 11.7 Å². The molecule has 0 radical (unpaired) electrons. The molecular formula is C16H15BrN2O2. The molecule has 0 saturated carbocycles. The molecule has 0 saturated heterocycles. The van der Waals surface area contributed by atoms with Crippen molar-refractivity contribution in [3.63, 3.8) is 0 Å². The van der Waals surface area contributed by atoms with Crippen LogP contribution < -0.4 is 10.1 Å². The Morgan fingerprint density at radius 1 is 1.33 bits per heavy atom. The maximum atomic E-state index is 9.71. The number of nitrogens with zero attached hydrogens (tertiary/aromatic N) is 1. The first-order valence-corrected chi connectivity index (χ1v) is 7.30. The minimum atomic E-state index is -0.529. The highest BCUT2D eigenvalue weighted by Crippen LogP contribution is 2.30. The molecule has 0 bridgehead atoms. The van der Waals surface area contributed by atoms with Gasteiger partial charge in [-0.2, -0.15) is 5.26 Å². The highest BCUT2D eigenvalue weighted by Gasteiger charge is 2.13. The maximum Gasteiger partial charge on any atom is 0.161 e. The summed E-state index contributed by atoms with van der Waals surface area (Å²) >= 11 is 3.40. The summed E-state index contributed by atoms with van der Waals surface area (Å²) in [4.78, 5) is 0. The molecule has 0 spiro atoms. The van der Waals surface area contributed by atoms with Crippen molar-refractivity contribution in [2.24, 2.45) is 0 Å². The molecule has 1 atom stereocenters. The van der Waals surface area contributed by atoms with Crippen molar-refractivity contribution in [3.05, 3.63) is 52.5 Å². The van der Waals surface area contributed by atoms with Gasteiger partial charge in [0.2, 0.25) is 0 Å². The quantitative estimate of drug-likeness (QED) is 0.850. The number of nitrogens with one attached hydrogen (secondary N) is 1. The van der Waals surface area contributed by atoms with Crippen LogP contribution in [0.5, 0.6) is 11.5 Å². The molecule has 4 nitrogen and oxygen atoms in total. The van der Waals surface area contributed by atoms with Gasteiger partial charge in [-0.3, -0.25) is 0 Å². The minimum absolute atomic E-state index is 0.0692. The van der Waals surface area contributed by atoms with E-state index >= 15 is 0 Å². The van der Waals surface area contributed by atoms with Gasteiger partial charge in [0.1, 0.15) is 6.04 Å². The zero-order valence-electron chi connectivity index (χ0n) is 11.5. The van der Waals surface area contributed by atoms with Crippen LogP contribution in [0.3, 0.4) is 0 Å². The summed E-state index contributed by atoms with van der Waals surface area (Å²) in [6.45, 7) is 2.29. The van der Waals surface area contributed by atoms with Crippen LogP contribution in [0.25, 0.3) is 0 Å². The topological polar surface area (TPSA) is 65.3 Å². The molecule has 0 aliphatic heterocycles. The predicted octanol–water partition coefficient (Wildman–Crippen LogP) is 4.23. The third kappa shape index (κ3) is 3.89. The third-order valence-electron chi connectivity index (χ3n) is 2.88. The average molecular weight is 347 g/mol.